The van der Waals surface area contributed by atoms with Crippen LogP contribution in [0.2, 0.25) is 0 Å². The van der Waals surface area contributed by atoms with Gasteiger partial charge < -0.3 is 5.11 Å². The van der Waals surface area contributed by atoms with Crippen molar-refractivity contribution in [3.8, 4) is 6.07 Å². The van der Waals surface area contributed by atoms with Gasteiger partial charge in [0.05, 0.1) is 12.0 Å². The Morgan fingerprint density at radius 2 is 2.00 bits per heavy atom. The lowest BCUT2D eigenvalue weighted by atomic mass is 10.1. The molecule has 7 nitrogen and oxygen atoms in total. The third-order valence-electron chi connectivity index (χ3n) is 3.03. The minimum atomic E-state index is -3.98. The molecule has 1 aromatic carbocycles. The number of nitriles is 1. The predicted octanol–water partition coefficient (Wildman–Crippen LogP) is 0.608. The van der Waals surface area contributed by atoms with Crippen molar-refractivity contribution < 1.29 is 18.3 Å². The molecule has 120 valence electrons. The fourth-order valence-corrected chi connectivity index (χ4v) is 2.97. The number of hydrogen-bond donors (Lipinski definition) is 2. The molecule has 0 aliphatic rings. The fraction of sp³-hybridized carbons (Fsp3) is 0.429. The van der Waals surface area contributed by atoms with Crippen LogP contribution in [0.15, 0.2) is 30.3 Å². The van der Waals surface area contributed by atoms with Crippen molar-refractivity contribution in [3.63, 3.8) is 0 Å². The van der Waals surface area contributed by atoms with Crippen molar-refractivity contribution >= 4 is 16.2 Å². The van der Waals surface area contributed by atoms with Gasteiger partial charge in [0, 0.05) is 13.6 Å². The van der Waals surface area contributed by atoms with E-state index in [-0.39, 0.29) is 13.0 Å². The number of nitrogens with one attached hydrogen (secondary N) is 1. The highest BCUT2D eigenvalue weighted by Crippen LogP contribution is 2.07. The molecule has 22 heavy (non-hydrogen) atoms. The topological polar surface area (TPSA) is 111 Å². The molecule has 0 heterocycles. The maximum absolute atomic E-state index is 12.1. The van der Waals surface area contributed by atoms with E-state index in [0.717, 1.165) is 4.31 Å². The number of rotatable bonds is 8. The van der Waals surface area contributed by atoms with Crippen LogP contribution in [-0.4, -0.2) is 43.4 Å². The standard InChI is InChI=1S/C14H19N3O4S/c1-11(9-15)10-17(2)22(20,21)16-13(14(18)19)8-12-6-4-3-5-7-12/h3-7,11,13,16H,8,10H2,1-2H3,(H,18,19)/t11?,13-/m0/s1. The van der Waals surface area contributed by atoms with Gasteiger partial charge in [0.25, 0.3) is 10.2 Å². The third-order valence-corrected chi connectivity index (χ3v) is 4.59. The van der Waals surface area contributed by atoms with Crippen LogP contribution in [0, 0.1) is 17.2 Å². The maximum Gasteiger partial charge on any atom is 0.322 e. The summed E-state index contributed by atoms with van der Waals surface area (Å²) in [6.45, 7) is 1.58. The molecular formula is C14H19N3O4S. The number of aliphatic carboxylic acids is 1. The van der Waals surface area contributed by atoms with Gasteiger partial charge in [-0.05, 0) is 18.9 Å². The lowest BCUT2D eigenvalue weighted by Crippen LogP contribution is -2.48. The Hall–Kier alpha value is -1.95. The molecule has 1 aromatic rings. The highest BCUT2D eigenvalue weighted by Gasteiger charge is 2.27. The number of carboxylic acids is 1. The van der Waals surface area contributed by atoms with Crippen molar-refractivity contribution in [1.82, 2.24) is 9.03 Å². The van der Waals surface area contributed by atoms with Gasteiger partial charge >= 0.3 is 5.97 Å². The number of carbonyl (C=O) groups is 1. The molecule has 1 unspecified atom stereocenters. The van der Waals surface area contributed by atoms with E-state index in [1.807, 2.05) is 6.07 Å². The summed E-state index contributed by atoms with van der Waals surface area (Å²) in [6, 6.07) is 9.42. The summed E-state index contributed by atoms with van der Waals surface area (Å²) in [5.74, 6) is -1.74. The van der Waals surface area contributed by atoms with Crippen LogP contribution < -0.4 is 4.72 Å². The quantitative estimate of drug-likeness (QED) is 0.727. The van der Waals surface area contributed by atoms with Crippen LogP contribution in [0.25, 0.3) is 0 Å². The van der Waals surface area contributed by atoms with E-state index in [4.69, 9.17) is 5.26 Å². The van der Waals surface area contributed by atoms with Crippen LogP contribution >= 0.6 is 0 Å². The molecule has 0 amide bonds. The number of nitrogens with zero attached hydrogens (tertiary/aromatic N) is 2. The molecule has 2 N–H and O–H groups in total. The van der Waals surface area contributed by atoms with E-state index in [9.17, 15) is 18.3 Å². The molecule has 0 aliphatic carbocycles. The molecule has 2 atom stereocenters. The van der Waals surface area contributed by atoms with Gasteiger partial charge in [-0.25, -0.2) is 0 Å². The molecule has 0 saturated carbocycles. The average Bonchev–Trinajstić information content (AvgIpc) is 2.47. The van der Waals surface area contributed by atoms with Gasteiger partial charge in [-0.3, -0.25) is 4.79 Å². The Morgan fingerprint density at radius 1 is 1.41 bits per heavy atom. The van der Waals surface area contributed by atoms with Crippen LogP contribution in [0.5, 0.6) is 0 Å². The zero-order valence-corrected chi connectivity index (χ0v) is 13.2. The van der Waals surface area contributed by atoms with Gasteiger partial charge in [-0.1, -0.05) is 30.3 Å². The molecule has 1 rings (SSSR count). The first-order chi connectivity index (χ1) is 10.3. The van der Waals surface area contributed by atoms with Crippen molar-refractivity contribution in [2.24, 2.45) is 5.92 Å². The molecule has 8 heteroatoms. The lowest BCUT2D eigenvalue weighted by molar-refractivity contribution is -0.138. The zero-order valence-electron chi connectivity index (χ0n) is 12.4. The van der Waals surface area contributed by atoms with Crippen LogP contribution in [-0.2, 0) is 21.4 Å². The molecule has 0 fully saturated rings. The fourth-order valence-electron chi connectivity index (χ4n) is 1.82. The van der Waals surface area contributed by atoms with E-state index in [1.54, 1.807) is 37.3 Å². The predicted molar refractivity (Wildman–Crippen MR) is 81.0 cm³/mol. The second-order valence-corrected chi connectivity index (χ2v) is 6.82. The van der Waals surface area contributed by atoms with E-state index in [1.165, 1.54) is 7.05 Å². The SMILES string of the molecule is CC(C#N)CN(C)S(=O)(=O)N[C@@H](Cc1ccccc1)C(=O)O. The Balaban J connectivity index is 2.82. The third kappa shape index (κ3) is 5.44. The van der Waals surface area contributed by atoms with Crippen LogP contribution in [0.4, 0.5) is 0 Å². The van der Waals surface area contributed by atoms with E-state index >= 15 is 0 Å². The largest absolute Gasteiger partial charge is 0.480 e. The van der Waals surface area contributed by atoms with E-state index in [0.29, 0.717) is 5.56 Å². The van der Waals surface area contributed by atoms with Crippen molar-refractivity contribution in [3.05, 3.63) is 35.9 Å². The summed E-state index contributed by atoms with van der Waals surface area (Å²) in [7, 11) is -2.68. The Kier molecular flexibility index (Phi) is 6.49. The molecule has 0 spiro atoms. The lowest BCUT2D eigenvalue weighted by Gasteiger charge is -2.22. The normalized spacial score (nSPS) is 14.3. The minimum absolute atomic E-state index is 0.0104. The average molecular weight is 325 g/mol. The van der Waals surface area contributed by atoms with Crippen molar-refractivity contribution in [2.75, 3.05) is 13.6 Å². The summed E-state index contributed by atoms with van der Waals surface area (Å²) in [4.78, 5) is 11.3. The van der Waals surface area contributed by atoms with Gasteiger partial charge in [0.2, 0.25) is 0 Å². The summed E-state index contributed by atoms with van der Waals surface area (Å²) < 4.78 is 27.4. The summed E-state index contributed by atoms with van der Waals surface area (Å²) in [5.41, 5.74) is 0.714. The minimum Gasteiger partial charge on any atom is -0.480 e. The molecule has 0 bridgehead atoms. The monoisotopic (exact) mass is 325 g/mol. The Morgan fingerprint density at radius 3 is 2.50 bits per heavy atom. The van der Waals surface area contributed by atoms with E-state index < -0.39 is 28.1 Å². The summed E-state index contributed by atoms with van der Waals surface area (Å²) in [5, 5.41) is 17.9. The summed E-state index contributed by atoms with van der Waals surface area (Å²) in [6.07, 6.45) is 0.0387. The number of carboxylic acid groups (broad SMARTS) is 1. The first-order valence-corrected chi connectivity index (χ1v) is 8.10. The maximum atomic E-state index is 12.1. The van der Waals surface area contributed by atoms with Gasteiger partial charge in [-0.2, -0.15) is 22.7 Å². The Bertz CT molecular complexity index is 640. The highest BCUT2D eigenvalue weighted by atomic mass is 32.2. The van der Waals surface area contributed by atoms with Gasteiger partial charge in [-0.15, -0.1) is 0 Å². The van der Waals surface area contributed by atoms with E-state index in [2.05, 4.69) is 4.72 Å². The first-order valence-electron chi connectivity index (χ1n) is 6.66. The highest BCUT2D eigenvalue weighted by molar-refractivity contribution is 7.87. The second-order valence-electron chi connectivity index (χ2n) is 5.01. The molecule has 0 radical (unpaired) electrons. The Labute approximate surface area is 130 Å². The number of benzene rings is 1. The molecule has 0 aliphatic heterocycles. The van der Waals surface area contributed by atoms with Crippen molar-refractivity contribution in [1.29, 1.82) is 5.26 Å². The first kappa shape index (κ1) is 18.1. The smallest absolute Gasteiger partial charge is 0.322 e. The second kappa shape index (κ2) is 7.89. The number of hydrogen-bond acceptors (Lipinski definition) is 4. The molecular weight excluding hydrogens is 306 g/mol. The van der Waals surface area contributed by atoms with Gasteiger partial charge in [0.15, 0.2) is 0 Å². The summed E-state index contributed by atoms with van der Waals surface area (Å²) >= 11 is 0. The van der Waals surface area contributed by atoms with Crippen LogP contribution in [0.1, 0.15) is 12.5 Å². The molecule has 0 aromatic heterocycles. The molecule has 0 saturated heterocycles. The van der Waals surface area contributed by atoms with Crippen LogP contribution in [0.3, 0.4) is 0 Å². The van der Waals surface area contributed by atoms with Gasteiger partial charge in [0.1, 0.15) is 6.04 Å². The van der Waals surface area contributed by atoms with Crippen molar-refractivity contribution in [2.45, 2.75) is 19.4 Å². The zero-order chi connectivity index (χ0) is 16.8.